The van der Waals surface area contributed by atoms with Gasteiger partial charge in [0.2, 0.25) is 11.8 Å². The van der Waals surface area contributed by atoms with Crippen molar-refractivity contribution in [1.82, 2.24) is 15.1 Å². The summed E-state index contributed by atoms with van der Waals surface area (Å²) in [6.07, 6.45) is 4.41. The molecule has 9 nitrogen and oxygen atoms in total. The molecule has 2 N–H and O–H groups in total. The van der Waals surface area contributed by atoms with Gasteiger partial charge >= 0.3 is 12.1 Å². The van der Waals surface area contributed by atoms with Gasteiger partial charge in [0, 0.05) is 26.1 Å². The predicted octanol–water partition coefficient (Wildman–Crippen LogP) is 5.67. The van der Waals surface area contributed by atoms with Crippen molar-refractivity contribution >= 4 is 23.9 Å². The molecule has 238 valence electrons. The lowest BCUT2D eigenvalue weighted by atomic mass is 9.82. The molecule has 3 amide bonds. The van der Waals surface area contributed by atoms with Gasteiger partial charge in [-0.2, -0.15) is 0 Å². The van der Waals surface area contributed by atoms with Crippen molar-refractivity contribution in [3.05, 3.63) is 59.7 Å². The molecule has 0 aromatic heterocycles. The zero-order valence-corrected chi connectivity index (χ0v) is 26.6. The summed E-state index contributed by atoms with van der Waals surface area (Å²) in [5.41, 5.74) is 4.47. The molecule has 4 atom stereocenters. The smallest absolute Gasteiger partial charge is 0.407 e. The standard InChI is InChI=1S/C35H47N3O6/c1-6-22(2)31(36-35(43)44-21-29-27-18-12-10-16-25(27)26-17-11-13-19-28(26)29)33(41)38(5)32(24-14-8-7-9-15-24)34(42)37(4)23(3)20-30(39)40/h10-13,16-19,22-24,29,31-32H,6-9,14-15,20-21H2,1-5H3,(H,36,43)(H,39,40)/t22-,23+,31-,32+/m0/s1. The van der Waals surface area contributed by atoms with Crippen LogP contribution in [-0.4, -0.2) is 77.6 Å². The SMILES string of the molecule is CC[C@H](C)[C@H](NC(=O)OCC1c2ccccc2-c2ccccc21)C(=O)N(C)[C@@H](C(=O)N(C)[C@H](C)CC(=O)O)C1CCCCC1. The van der Waals surface area contributed by atoms with Gasteiger partial charge in [-0.15, -0.1) is 0 Å². The van der Waals surface area contributed by atoms with Gasteiger partial charge in [-0.1, -0.05) is 88.1 Å². The third-order valence-corrected chi connectivity index (χ3v) is 9.69. The summed E-state index contributed by atoms with van der Waals surface area (Å²) in [6.45, 7) is 5.69. The summed E-state index contributed by atoms with van der Waals surface area (Å²) < 4.78 is 5.77. The first-order chi connectivity index (χ1) is 21.0. The second kappa shape index (κ2) is 14.7. The Morgan fingerprint density at radius 1 is 0.886 bits per heavy atom. The lowest BCUT2D eigenvalue weighted by Crippen LogP contribution is -2.59. The molecule has 2 aromatic carbocycles. The molecule has 44 heavy (non-hydrogen) atoms. The van der Waals surface area contributed by atoms with Crippen molar-refractivity contribution in [3.8, 4) is 11.1 Å². The van der Waals surface area contributed by atoms with Crippen LogP contribution in [-0.2, 0) is 19.1 Å². The number of nitrogens with zero attached hydrogens (tertiary/aromatic N) is 2. The summed E-state index contributed by atoms with van der Waals surface area (Å²) in [6, 6.07) is 14.1. The molecular weight excluding hydrogens is 558 g/mol. The lowest BCUT2D eigenvalue weighted by Gasteiger charge is -2.40. The number of hydrogen-bond donors (Lipinski definition) is 2. The van der Waals surface area contributed by atoms with Crippen LogP contribution < -0.4 is 5.32 Å². The third-order valence-electron chi connectivity index (χ3n) is 9.69. The van der Waals surface area contributed by atoms with Crippen LogP contribution in [0.3, 0.4) is 0 Å². The summed E-state index contributed by atoms with van der Waals surface area (Å²) in [7, 11) is 3.23. The minimum absolute atomic E-state index is 0.0447. The molecule has 2 aliphatic rings. The maximum absolute atomic E-state index is 14.1. The zero-order valence-electron chi connectivity index (χ0n) is 26.6. The first-order valence-corrected chi connectivity index (χ1v) is 15.9. The number of hydrogen-bond acceptors (Lipinski definition) is 5. The number of likely N-dealkylation sites (N-methyl/N-ethyl adjacent to an activating group) is 2. The Bertz CT molecular complexity index is 1290. The molecule has 9 heteroatoms. The van der Waals surface area contributed by atoms with Crippen LogP contribution in [0.2, 0.25) is 0 Å². The largest absolute Gasteiger partial charge is 0.481 e. The van der Waals surface area contributed by atoms with Crippen LogP contribution in [0.5, 0.6) is 0 Å². The minimum atomic E-state index is -0.986. The van der Waals surface area contributed by atoms with Crippen LogP contribution in [0.15, 0.2) is 48.5 Å². The number of carbonyl (C=O) groups is 4. The molecule has 1 fully saturated rings. The van der Waals surface area contributed by atoms with Crippen LogP contribution in [0.1, 0.15) is 82.8 Å². The van der Waals surface area contributed by atoms with Gasteiger partial charge in [0.05, 0.1) is 6.42 Å². The van der Waals surface area contributed by atoms with E-state index in [0.29, 0.717) is 6.42 Å². The van der Waals surface area contributed by atoms with Gasteiger partial charge in [-0.3, -0.25) is 14.4 Å². The number of benzene rings is 2. The molecule has 0 radical (unpaired) electrons. The van der Waals surface area contributed by atoms with E-state index in [-0.39, 0.29) is 42.6 Å². The van der Waals surface area contributed by atoms with Crippen LogP contribution in [0, 0.1) is 11.8 Å². The number of alkyl carbamates (subject to hydrolysis) is 1. The van der Waals surface area contributed by atoms with E-state index in [9.17, 15) is 24.3 Å². The van der Waals surface area contributed by atoms with E-state index in [1.165, 1.54) is 9.80 Å². The minimum Gasteiger partial charge on any atom is -0.481 e. The number of amides is 3. The molecule has 0 heterocycles. The fourth-order valence-corrected chi connectivity index (χ4v) is 6.76. The Hall–Kier alpha value is -3.88. The highest BCUT2D eigenvalue weighted by atomic mass is 16.5. The lowest BCUT2D eigenvalue weighted by molar-refractivity contribution is -0.150. The molecule has 0 bridgehead atoms. The number of rotatable bonds is 12. The van der Waals surface area contributed by atoms with Crippen molar-refractivity contribution in [2.24, 2.45) is 11.8 Å². The predicted molar refractivity (Wildman–Crippen MR) is 169 cm³/mol. The van der Waals surface area contributed by atoms with Gasteiger partial charge in [-0.25, -0.2) is 4.79 Å². The van der Waals surface area contributed by atoms with E-state index in [0.717, 1.165) is 54.4 Å². The topological polar surface area (TPSA) is 116 Å². The number of carbonyl (C=O) groups excluding carboxylic acids is 3. The fourth-order valence-electron chi connectivity index (χ4n) is 6.76. The van der Waals surface area contributed by atoms with Gasteiger partial charge in [0.15, 0.2) is 0 Å². The van der Waals surface area contributed by atoms with Gasteiger partial charge < -0.3 is 25.0 Å². The summed E-state index contributed by atoms with van der Waals surface area (Å²) in [5, 5.41) is 12.1. The molecule has 4 rings (SSSR count). The maximum atomic E-state index is 14.1. The summed E-state index contributed by atoms with van der Waals surface area (Å²) >= 11 is 0. The molecule has 0 spiro atoms. The first-order valence-electron chi connectivity index (χ1n) is 15.9. The van der Waals surface area contributed by atoms with Crippen molar-refractivity contribution in [1.29, 1.82) is 0 Å². The number of ether oxygens (including phenoxy) is 1. The van der Waals surface area contributed by atoms with E-state index >= 15 is 0 Å². The zero-order chi connectivity index (χ0) is 32.0. The summed E-state index contributed by atoms with van der Waals surface area (Å²) in [5.74, 6) is -1.97. The van der Waals surface area contributed by atoms with Crippen molar-refractivity contribution in [3.63, 3.8) is 0 Å². The Labute approximate surface area is 260 Å². The molecular formula is C35H47N3O6. The number of carboxylic acids is 1. The normalized spacial score (nSPS) is 17.4. The fraction of sp³-hybridized carbons (Fsp3) is 0.543. The van der Waals surface area contributed by atoms with Crippen LogP contribution >= 0.6 is 0 Å². The van der Waals surface area contributed by atoms with Crippen molar-refractivity contribution in [2.75, 3.05) is 20.7 Å². The van der Waals surface area contributed by atoms with Gasteiger partial charge in [0.25, 0.3) is 0 Å². The number of fused-ring (bicyclic) bond motifs is 3. The molecule has 0 saturated heterocycles. The molecule has 1 saturated carbocycles. The number of aliphatic carboxylic acids is 1. The Morgan fingerprint density at radius 3 is 2.00 bits per heavy atom. The molecule has 0 aliphatic heterocycles. The highest BCUT2D eigenvalue weighted by molar-refractivity contribution is 5.92. The van der Waals surface area contributed by atoms with E-state index in [4.69, 9.17) is 4.74 Å². The van der Waals surface area contributed by atoms with Crippen molar-refractivity contribution in [2.45, 2.75) is 89.8 Å². The van der Waals surface area contributed by atoms with Crippen LogP contribution in [0.25, 0.3) is 11.1 Å². The molecule has 0 unspecified atom stereocenters. The van der Waals surface area contributed by atoms with Gasteiger partial charge in [-0.05, 0) is 53.9 Å². The average molecular weight is 606 g/mol. The number of carboxylic acid groups (broad SMARTS) is 1. The first kappa shape index (κ1) is 33.0. The molecule has 2 aliphatic carbocycles. The van der Waals surface area contributed by atoms with E-state index in [2.05, 4.69) is 29.6 Å². The summed E-state index contributed by atoms with van der Waals surface area (Å²) in [4.78, 5) is 55.5. The van der Waals surface area contributed by atoms with E-state index in [1.54, 1.807) is 21.0 Å². The Kier molecular flexibility index (Phi) is 11.1. The second-order valence-electron chi connectivity index (χ2n) is 12.5. The maximum Gasteiger partial charge on any atom is 0.407 e. The van der Waals surface area contributed by atoms with E-state index in [1.807, 2.05) is 38.1 Å². The average Bonchev–Trinajstić information content (AvgIpc) is 3.35. The van der Waals surface area contributed by atoms with Crippen LogP contribution in [0.4, 0.5) is 4.79 Å². The van der Waals surface area contributed by atoms with E-state index < -0.39 is 30.2 Å². The van der Waals surface area contributed by atoms with Gasteiger partial charge in [0.1, 0.15) is 18.7 Å². The second-order valence-corrected chi connectivity index (χ2v) is 12.5. The monoisotopic (exact) mass is 605 g/mol. The Balaban J connectivity index is 1.50. The quantitative estimate of drug-likeness (QED) is 0.322. The Morgan fingerprint density at radius 2 is 1.45 bits per heavy atom. The molecule has 2 aromatic rings. The van der Waals surface area contributed by atoms with Crippen molar-refractivity contribution < 1.29 is 29.0 Å². The third kappa shape index (κ3) is 7.25. The highest BCUT2D eigenvalue weighted by Gasteiger charge is 2.41. The number of nitrogens with one attached hydrogen (secondary N) is 1. The highest BCUT2D eigenvalue weighted by Crippen LogP contribution is 2.44.